The Morgan fingerprint density at radius 2 is 1.53 bits per heavy atom. The number of imide groups is 1. The molecule has 6 saturated heterocycles. The Hall–Kier alpha value is -7.92. The van der Waals surface area contributed by atoms with Crippen LogP contribution in [0.15, 0.2) is 59.3 Å². The van der Waals surface area contributed by atoms with E-state index in [9.17, 15) is 73.2 Å². The van der Waals surface area contributed by atoms with Crippen molar-refractivity contribution in [3.05, 3.63) is 79.6 Å². The molecule has 2 aliphatic carbocycles. The maximum absolute atomic E-state index is 14.6. The summed E-state index contributed by atoms with van der Waals surface area (Å²) in [5.74, 6) is 8.06. The number of benzene rings is 2. The summed E-state index contributed by atoms with van der Waals surface area (Å²) in [5.41, 5.74) is 1.63. The predicted molar refractivity (Wildman–Crippen MR) is 491 cm³/mol. The van der Waals surface area contributed by atoms with Gasteiger partial charge in [0.15, 0.2) is 48.0 Å². The molecule has 6 aliphatic heterocycles. The van der Waals surface area contributed by atoms with Crippen molar-refractivity contribution in [3.8, 4) is 40.9 Å². The normalized spacial score (nSPS) is 29.1. The van der Waals surface area contributed by atoms with Crippen LogP contribution in [0.25, 0.3) is 0 Å². The maximum Gasteiger partial charge on any atom is 0.411 e. The molecule has 0 saturated carbocycles. The molecule has 132 heavy (non-hydrogen) atoms. The van der Waals surface area contributed by atoms with Gasteiger partial charge in [0.1, 0.15) is 55.3 Å². The first-order valence-electron chi connectivity index (χ1n) is 43.2. The summed E-state index contributed by atoms with van der Waals surface area (Å²) in [5, 5.41) is 65.5. The number of unbranched alkanes of at least 4 members (excludes halogenated alkanes) is 2. The van der Waals surface area contributed by atoms with Crippen molar-refractivity contribution in [2.45, 2.75) is 277 Å². The number of thioether (sulfide) groups is 1. The number of hydrogen-bond donors (Lipinski definition) is 13. The number of carbonyl (C=O) groups excluding carboxylic acids is 11. The number of carbonyl (C=O) groups is 11. The van der Waals surface area contributed by atoms with Gasteiger partial charge in [-0.05, 0) is 125 Å². The number of thiol groups is 1. The molecule has 6 fully saturated rings. The highest BCUT2D eigenvalue weighted by molar-refractivity contribution is 14.1. The molecule has 44 heteroatoms. The van der Waals surface area contributed by atoms with Crippen LogP contribution >= 0.6 is 68.6 Å². The fraction of sp³-hybridized carbons (Fsp3) is 0.625. The van der Waals surface area contributed by atoms with E-state index in [2.05, 4.69) is 79.0 Å². The molecule has 2 aromatic rings. The zero-order chi connectivity index (χ0) is 96.2. The van der Waals surface area contributed by atoms with Gasteiger partial charge in [0, 0.05) is 100 Å². The number of halogens is 1. The number of fused-ring (bicyclic) bond motifs is 3. The Labute approximate surface area is 796 Å². The highest BCUT2D eigenvalue weighted by Gasteiger charge is 2.59. The number of ether oxygens (including phenoxy) is 14. The average molecular weight is 2040 g/mol. The molecule has 0 spiro atoms. The van der Waals surface area contributed by atoms with Crippen LogP contribution in [0, 0.1) is 40.1 Å². The summed E-state index contributed by atoms with van der Waals surface area (Å²) in [6, 6.07) is 2.75. The van der Waals surface area contributed by atoms with Gasteiger partial charge in [0.2, 0.25) is 58.5 Å². The molecule has 6 heterocycles. The Morgan fingerprint density at radius 1 is 0.803 bits per heavy atom. The summed E-state index contributed by atoms with van der Waals surface area (Å²) in [6.07, 6.45) is -12.7. The molecule has 39 nitrogen and oxygen atoms in total. The summed E-state index contributed by atoms with van der Waals surface area (Å²) in [4.78, 5) is 152. The first-order valence-corrected chi connectivity index (χ1v) is 48.0. The number of aliphatic hydroxyl groups is 4. The third-order valence-electron chi connectivity index (χ3n) is 23.1. The minimum Gasteiger partial charge on any atom is -0.492 e. The van der Waals surface area contributed by atoms with Crippen LogP contribution in [-0.4, -0.2) is 295 Å². The van der Waals surface area contributed by atoms with Gasteiger partial charge in [-0.2, -0.15) is 18.1 Å². The average Bonchev–Trinajstić information content (AvgIpc) is 0.863. The molecule has 0 aromatic heterocycles. The number of Topliss-reactive ketones (excluding diaryl/α,β-unsaturated/α-hetero) is 1. The predicted octanol–water partition coefficient (Wildman–Crippen LogP) is 4.61. The third-order valence-corrected chi connectivity index (χ3v) is 29.4. The van der Waals surface area contributed by atoms with Crippen LogP contribution in [0.1, 0.15) is 148 Å². The quantitative estimate of drug-likeness (QED) is 0.00630. The van der Waals surface area contributed by atoms with Crippen LogP contribution < -0.4 is 56.9 Å². The summed E-state index contributed by atoms with van der Waals surface area (Å²) in [6.45, 7) is 15.4. The second-order valence-electron chi connectivity index (χ2n) is 33.2. The fourth-order valence-corrected chi connectivity index (χ4v) is 20.1. The minimum absolute atomic E-state index is 0.00382. The van der Waals surface area contributed by atoms with Gasteiger partial charge in [-0.15, -0.1) is 0 Å². The molecule has 10 rings (SSSR count). The fourth-order valence-electron chi connectivity index (χ4n) is 15.6. The zero-order valence-electron chi connectivity index (χ0n) is 75.7. The number of alkyl carbamates (subject to hydrolysis) is 2. The van der Waals surface area contributed by atoms with Crippen LogP contribution in [-0.2, 0) is 102 Å². The van der Waals surface area contributed by atoms with E-state index in [1.165, 1.54) is 80.9 Å². The number of nitrogens with one attached hydrogen (secondary N) is 8. The van der Waals surface area contributed by atoms with Gasteiger partial charge >= 0.3 is 12.2 Å². The van der Waals surface area contributed by atoms with E-state index in [1.54, 1.807) is 51.1 Å². The molecule has 2 aromatic carbocycles. The number of allylic oxidation sites excluding steroid dienone is 3. The monoisotopic (exact) mass is 2040 g/mol. The largest absolute Gasteiger partial charge is 0.492 e. The number of methoxy groups -OCH3 is 5. The van der Waals surface area contributed by atoms with Gasteiger partial charge in [0.05, 0.1) is 96.2 Å². The molecular weight excluding hydrogens is 1920 g/mol. The molecule has 0 radical (unpaired) electrons. The number of nitrogens with zero attached hydrogens (tertiary/aromatic N) is 1. The first kappa shape index (κ1) is 106. The number of hydrogen-bond acceptors (Lipinski definition) is 35. The van der Waals surface area contributed by atoms with Gasteiger partial charge in [-0.25, -0.2) is 9.59 Å². The van der Waals surface area contributed by atoms with E-state index in [1.807, 2.05) is 50.3 Å². The van der Waals surface area contributed by atoms with Crippen molar-refractivity contribution >= 4 is 139 Å². The van der Waals surface area contributed by atoms with Crippen LogP contribution in [0.5, 0.6) is 17.2 Å². The standard InChI is InChI=1S/C88H118IN9O30S4/c1-15-43(2)66(95-59(103)24-20-18-22-35-98-60(104)39-57(129)80(98)109)79(108)92-45(4)78(107)94-50-27-25-49(26-28-50)41-120-85(111)91-34-33-90-58(102)29-32-87(8,9)132-130-36-30-51-64-55(23-19-16-17-21-31-88(51,113)40-54(101)68(64)96-86(112)118-14)123-83-74(124-61-38-56(114-10)52(42-119-61)93-48(7)99)69(105)67(46(5)122-83)97-128-62-37-53(100)77(47(6)121-62)131-81(110)63-44(3)65(89)72(75(117-13)71(63)115-11)125-82-70(106)73(116-12)76-84(126-76)127-82/h16-17,25-28,30,43,45-47,52-53,55-57,61-62,66-67,69-70,73-74,76-77,82-84,97,100,105-106,113,129H,15,18,20,22,24,29,32-42H2,1-14H3,(H,90,102)(H,91,111)(H,92,108)(H,93,99)(H,94,107)(H,95,103)(H,96,112)/b17-16-,51-30+/t43?,45-,46?,47?,52?,53?,55-,56?,57?,61?,62?,66-,67?,69?,70?,73?,74?,76?,77?,82?,83?,84?,88-/m0/s1. The Kier molecular flexibility index (Phi) is 39.6. The number of likely N-dealkylation sites (tertiary alicyclic amines) is 1. The number of amides is 9. The Bertz CT molecular complexity index is 4710. The van der Waals surface area contributed by atoms with E-state index in [0.29, 0.717) is 52.5 Å². The number of anilines is 1. The lowest BCUT2D eigenvalue weighted by Crippen LogP contribution is -2.65. The van der Waals surface area contributed by atoms with Gasteiger partial charge in [-0.3, -0.25) is 58.2 Å². The Morgan fingerprint density at radius 3 is 2.20 bits per heavy atom. The van der Waals surface area contributed by atoms with Crippen molar-refractivity contribution in [1.82, 2.24) is 42.3 Å². The molecule has 2 bridgehead atoms. The first-order chi connectivity index (χ1) is 62.8. The summed E-state index contributed by atoms with van der Waals surface area (Å²) in [7, 11) is 9.43. The van der Waals surface area contributed by atoms with E-state index in [-0.39, 0.29) is 146 Å². The lowest BCUT2D eigenvalue weighted by molar-refractivity contribution is -0.336. The van der Waals surface area contributed by atoms with E-state index in [4.69, 9.17) is 71.2 Å². The van der Waals surface area contributed by atoms with Crippen LogP contribution in [0.2, 0.25) is 0 Å². The highest BCUT2D eigenvalue weighted by Crippen LogP contribution is 2.50. The lowest BCUT2D eigenvalue weighted by Gasteiger charge is -2.46. The highest BCUT2D eigenvalue weighted by atomic mass is 127. The number of hydroxylamine groups is 1. The molecular formula is C88H118IN9O30S4. The van der Waals surface area contributed by atoms with Crippen LogP contribution in [0.3, 0.4) is 0 Å². The van der Waals surface area contributed by atoms with E-state index in [0.717, 1.165) is 18.9 Å². The van der Waals surface area contributed by atoms with Gasteiger partial charge < -0.3 is 119 Å². The van der Waals surface area contributed by atoms with Crippen molar-refractivity contribution in [3.63, 3.8) is 0 Å². The van der Waals surface area contributed by atoms with E-state index < -0.39 is 179 Å². The number of epoxide rings is 1. The number of aliphatic hydroxyl groups excluding tert-OH is 3. The third kappa shape index (κ3) is 27.9. The Balaban J connectivity index is 0.725. The SMILES string of the molecule is CCC(C)[C@H](NC(=O)CCCCCN1C(=O)CC(S)C1=O)C(=O)N[C@@H](C)C(=O)Nc1ccc(COC(=O)NCCNC(=O)CCC(C)(C)SSC/C=C2\C3=C(NC(=O)OC)C(=O)C[C@@]2(O)C#C/C=C\C#C[C@@H]3OC2OC(C)C(NOC3CC(O)C(SC(=O)c4c(C)c(I)c(OC5OC6OC6C(OC)C5O)c(OC)c4OC)C(C)O3)C(O)C2OC2CC(OC)C(NC(C)=O)CO2)cc1. The topological polar surface area (TPSA) is 510 Å². The number of rotatable bonds is 42. The van der Waals surface area contributed by atoms with Crippen molar-refractivity contribution in [1.29, 1.82) is 0 Å². The number of ketones is 1. The molecule has 23 atom stereocenters. The van der Waals surface area contributed by atoms with Crippen LogP contribution in [0.4, 0.5) is 15.3 Å². The van der Waals surface area contributed by atoms with Gasteiger partial charge in [-0.1, -0.05) is 102 Å². The zero-order valence-corrected chi connectivity index (χ0v) is 81.2. The second-order valence-corrected chi connectivity index (χ2v) is 39.1. The summed E-state index contributed by atoms with van der Waals surface area (Å²) >= 11 is 6.94. The lowest BCUT2D eigenvalue weighted by atomic mass is 9.75. The van der Waals surface area contributed by atoms with E-state index >= 15 is 0 Å². The molecule has 726 valence electrons. The minimum atomic E-state index is -2.25. The van der Waals surface area contributed by atoms with Crippen molar-refractivity contribution in [2.24, 2.45) is 5.92 Å². The second kappa shape index (κ2) is 49.2. The summed E-state index contributed by atoms with van der Waals surface area (Å²) < 4.78 is 83.3. The molecule has 9 amide bonds. The maximum atomic E-state index is 14.6. The smallest absolute Gasteiger partial charge is 0.411 e. The van der Waals surface area contributed by atoms with Gasteiger partial charge in [0.25, 0.3) is 0 Å². The van der Waals surface area contributed by atoms with Crippen molar-refractivity contribution < 1.29 is 144 Å². The van der Waals surface area contributed by atoms with Crippen molar-refractivity contribution in [2.75, 3.05) is 72.9 Å². The molecule has 12 N–H and O–H groups in total. The molecule has 19 unspecified atom stereocenters. The molecule has 8 aliphatic rings.